The van der Waals surface area contributed by atoms with Crippen molar-refractivity contribution in [2.75, 3.05) is 26.2 Å². The molecule has 0 aliphatic carbocycles. The Balaban J connectivity index is 1.26. The zero-order valence-electron chi connectivity index (χ0n) is 17.0. The van der Waals surface area contributed by atoms with E-state index in [-0.39, 0.29) is 0 Å². The summed E-state index contributed by atoms with van der Waals surface area (Å²) in [5.74, 6) is 0. The first kappa shape index (κ1) is 21.7. The van der Waals surface area contributed by atoms with E-state index in [1.807, 2.05) is 0 Å². The molecule has 148 valence electrons. The van der Waals surface area contributed by atoms with Crippen molar-refractivity contribution in [3.05, 3.63) is 71.8 Å². The van der Waals surface area contributed by atoms with Crippen molar-refractivity contribution in [3.63, 3.8) is 0 Å². The molecule has 0 spiro atoms. The molecule has 0 unspecified atom stereocenters. The fourth-order valence-corrected chi connectivity index (χ4v) is 3.37. The van der Waals surface area contributed by atoms with E-state index >= 15 is 0 Å². The summed E-state index contributed by atoms with van der Waals surface area (Å²) in [4.78, 5) is 0. The lowest BCUT2D eigenvalue weighted by Crippen LogP contribution is -2.19. The summed E-state index contributed by atoms with van der Waals surface area (Å²) in [6.45, 7) is 4.66. The Morgan fingerprint density at radius 2 is 0.778 bits per heavy atom. The first-order chi connectivity index (χ1) is 13.4. The summed E-state index contributed by atoms with van der Waals surface area (Å²) in [7, 11) is 0. The van der Waals surface area contributed by atoms with E-state index in [1.54, 1.807) is 0 Å². The van der Waals surface area contributed by atoms with Crippen LogP contribution in [0, 0.1) is 0 Å². The smallest absolute Gasteiger partial charge is 0.00488 e. The molecule has 0 aliphatic rings. The van der Waals surface area contributed by atoms with Crippen LogP contribution in [0.3, 0.4) is 0 Å². The van der Waals surface area contributed by atoms with E-state index in [4.69, 9.17) is 0 Å². The molecule has 2 nitrogen and oxygen atoms in total. The summed E-state index contributed by atoms with van der Waals surface area (Å²) < 4.78 is 0. The van der Waals surface area contributed by atoms with Crippen LogP contribution in [0.5, 0.6) is 0 Å². The van der Waals surface area contributed by atoms with Crippen LogP contribution in [-0.4, -0.2) is 26.2 Å². The minimum atomic E-state index is 1.16. The van der Waals surface area contributed by atoms with Crippen LogP contribution in [0.25, 0.3) is 0 Å². The minimum Gasteiger partial charge on any atom is -0.317 e. The third-order valence-electron chi connectivity index (χ3n) is 5.03. The van der Waals surface area contributed by atoms with Crippen LogP contribution in [0.1, 0.15) is 56.1 Å². The average Bonchev–Trinajstić information content (AvgIpc) is 2.72. The second kappa shape index (κ2) is 15.4. The highest BCUT2D eigenvalue weighted by atomic mass is 14.8. The molecule has 2 heteroatoms. The van der Waals surface area contributed by atoms with Gasteiger partial charge in [-0.2, -0.15) is 0 Å². The Labute approximate surface area is 166 Å². The SMILES string of the molecule is c1ccc(CCCCNCCCCCNCCCCc2ccccc2)cc1. The first-order valence-corrected chi connectivity index (χ1v) is 10.9. The van der Waals surface area contributed by atoms with Gasteiger partial charge in [0, 0.05) is 0 Å². The zero-order valence-corrected chi connectivity index (χ0v) is 17.0. The maximum absolute atomic E-state index is 3.59. The Bertz CT molecular complexity index is 502. The monoisotopic (exact) mass is 366 g/mol. The van der Waals surface area contributed by atoms with Gasteiger partial charge in [-0.1, -0.05) is 67.1 Å². The van der Waals surface area contributed by atoms with Gasteiger partial charge in [0.1, 0.15) is 0 Å². The Morgan fingerprint density at radius 3 is 1.19 bits per heavy atom. The maximum atomic E-state index is 3.59. The summed E-state index contributed by atoms with van der Waals surface area (Å²) in [6, 6.07) is 21.6. The lowest BCUT2D eigenvalue weighted by atomic mass is 10.1. The second-order valence-electron chi connectivity index (χ2n) is 7.45. The maximum Gasteiger partial charge on any atom is -0.00488 e. The fourth-order valence-electron chi connectivity index (χ4n) is 3.37. The quantitative estimate of drug-likeness (QED) is 0.390. The van der Waals surface area contributed by atoms with Crippen molar-refractivity contribution in [3.8, 4) is 0 Å². The molecule has 27 heavy (non-hydrogen) atoms. The van der Waals surface area contributed by atoms with E-state index in [0.29, 0.717) is 0 Å². The van der Waals surface area contributed by atoms with Gasteiger partial charge >= 0.3 is 0 Å². The molecular formula is C25H38N2. The largest absolute Gasteiger partial charge is 0.317 e. The van der Waals surface area contributed by atoms with Gasteiger partial charge in [0.25, 0.3) is 0 Å². The lowest BCUT2D eigenvalue weighted by molar-refractivity contribution is 0.551. The number of unbranched alkanes of at least 4 members (excludes halogenated alkanes) is 4. The molecule has 0 saturated heterocycles. The first-order valence-electron chi connectivity index (χ1n) is 10.9. The van der Waals surface area contributed by atoms with Crippen molar-refractivity contribution in [2.24, 2.45) is 0 Å². The number of hydrogen-bond donors (Lipinski definition) is 2. The summed E-state index contributed by atoms with van der Waals surface area (Å²) in [5.41, 5.74) is 2.93. The van der Waals surface area contributed by atoms with Gasteiger partial charge in [-0.15, -0.1) is 0 Å². The van der Waals surface area contributed by atoms with E-state index in [1.165, 1.54) is 82.0 Å². The highest BCUT2D eigenvalue weighted by Gasteiger charge is 1.95. The van der Waals surface area contributed by atoms with E-state index in [0.717, 1.165) is 13.1 Å². The van der Waals surface area contributed by atoms with Crippen LogP contribution in [-0.2, 0) is 12.8 Å². The normalized spacial score (nSPS) is 11.0. The van der Waals surface area contributed by atoms with Crippen molar-refractivity contribution in [2.45, 2.75) is 57.8 Å². The van der Waals surface area contributed by atoms with Gasteiger partial charge in [0.2, 0.25) is 0 Å². The lowest BCUT2D eigenvalue weighted by Gasteiger charge is -2.07. The predicted molar refractivity (Wildman–Crippen MR) is 118 cm³/mol. The van der Waals surface area contributed by atoms with Crippen LogP contribution in [0.15, 0.2) is 60.7 Å². The third-order valence-corrected chi connectivity index (χ3v) is 5.03. The number of nitrogens with one attached hydrogen (secondary N) is 2. The second-order valence-corrected chi connectivity index (χ2v) is 7.45. The molecular weight excluding hydrogens is 328 g/mol. The molecule has 0 radical (unpaired) electrons. The molecule has 0 fully saturated rings. The van der Waals surface area contributed by atoms with E-state index in [2.05, 4.69) is 71.3 Å². The van der Waals surface area contributed by atoms with Crippen molar-refractivity contribution < 1.29 is 0 Å². The number of hydrogen-bond acceptors (Lipinski definition) is 2. The molecule has 2 N–H and O–H groups in total. The van der Waals surface area contributed by atoms with Gasteiger partial charge in [-0.3, -0.25) is 0 Å². The third kappa shape index (κ3) is 11.6. The molecule has 2 aromatic rings. The number of rotatable bonds is 16. The molecule has 0 saturated carbocycles. The van der Waals surface area contributed by atoms with Gasteiger partial charge in [-0.25, -0.2) is 0 Å². The van der Waals surface area contributed by atoms with Gasteiger partial charge in [0.15, 0.2) is 0 Å². The van der Waals surface area contributed by atoms with E-state index in [9.17, 15) is 0 Å². The van der Waals surface area contributed by atoms with Gasteiger partial charge < -0.3 is 10.6 Å². The Kier molecular flexibility index (Phi) is 12.4. The standard InChI is InChI=1S/C25H38N2/c1-4-14-24(15-5-1)18-8-12-22-26-20-10-3-11-21-27-23-13-9-19-25-16-6-2-7-17-25/h1-2,4-7,14-17,26-27H,3,8-13,18-23H2. The number of aryl methyl sites for hydroxylation is 2. The highest BCUT2D eigenvalue weighted by molar-refractivity contribution is 5.15. The average molecular weight is 367 g/mol. The molecule has 2 aromatic carbocycles. The molecule has 0 atom stereocenters. The molecule has 0 aliphatic heterocycles. The van der Waals surface area contributed by atoms with Gasteiger partial charge in [-0.05, 0) is 88.7 Å². The molecule has 2 rings (SSSR count). The molecule has 0 aromatic heterocycles. The van der Waals surface area contributed by atoms with Crippen LogP contribution >= 0.6 is 0 Å². The van der Waals surface area contributed by atoms with Gasteiger partial charge in [0.05, 0.1) is 0 Å². The molecule has 0 heterocycles. The van der Waals surface area contributed by atoms with Crippen LogP contribution in [0.4, 0.5) is 0 Å². The summed E-state index contributed by atoms with van der Waals surface area (Å²) >= 11 is 0. The fraction of sp³-hybridized carbons (Fsp3) is 0.520. The topological polar surface area (TPSA) is 24.1 Å². The summed E-state index contributed by atoms with van der Waals surface area (Å²) in [5, 5.41) is 7.17. The van der Waals surface area contributed by atoms with E-state index < -0.39 is 0 Å². The van der Waals surface area contributed by atoms with Crippen LogP contribution < -0.4 is 10.6 Å². The number of benzene rings is 2. The van der Waals surface area contributed by atoms with Crippen LogP contribution in [0.2, 0.25) is 0 Å². The Morgan fingerprint density at radius 1 is 0.407 bits per heavy atom. The predicted octanol–water partition coefficient (Wildman–Crippen LogP) is 5.38. The van der Waals surface area contributed by atoms with Crippen molar-refractivity contribution in [1.29, 1.82) is 0 Å². The zero-order chi connectivity index (χ0) is 18.8. The van der Waals surface area contributed by atoms with Crippen molar-refractivity contribution >= 4 is 0 Å². The van der Waals surface area contributed by atoms with Crippen molar-refractivity contribution in [1.82, 2.24) is 10.6 Å². The summed E-state index contributed by atoms with van der Waals surface area (Å²) in [6.07, 6.45) is 11.5. The Hall–Kier alpha value is -1.64. The molecule has 0 amide bonds. The highest BCUT2D eigenvalue weighted by Crippen LogP contribution is 2.05. The molecule has 0 bridgehead atoms. The minimum absolute atomic E-state index is 1.16.